The van der Waals surface area contributed by atoms with Gasteiger partial charge < -0.3 is 20.3 Å². The van der Waals surface area contributed by atoms with Crippen LogP contribution in [-0.2, 0) is 4.79 Å². The number of carbonyl (C=O) groups excluding carboxylic acids is 2. The Labute approximate surface area is 206 Å². The van der Waals surface area contributed by atoms with Crippen molar-refractivity contribution in [3.8, 4) is 0 Å². The van der Waals surface area contributed by atoms with Crippen molar-refractivity contribution in [1.82, 2.24) is 20.2 Å². The molecule has 10 heteroatoms. The summed E-state index contributed by atoms with van der Waals surface area (Å²) in [6.07, 6.45) is 2.01. The lowest BCUT2D eigenvalue weighted by molar-refractivity contribution is -0.137. The maximum atomic E-state index is 13.0. The Morgan fingerprint density at radius 1 is 1.24 bits per heavy atom. The van der Waals surface area contributed by atoms with Gasteiger partial charge in [-0.1, -0.05) is 23.2 Å². The molecule has 8 nitrogen and oxygen atoms in total. The quantitative estimate of drug-likeness (QED) is 0.427. The van der Waals surface area contributed by atoms with Crippen LogP contribution in [0.1, 0.15) is 65.2 Å². The third kappa shape index (κ3) is 5.18. The second-order valence-electron chi connectivity index (χ2n) is 8.40. The number of amides is 2. The van der Waals surface area contributed by atoms with Crippen LogP contribution in [0.15, 0.2) is 36.4 Å². The number of aliphatic carboxylic acids is 1. The van der Waals surface area contributed by atoms with Gasteiger partial charge in [0, 0.05) is 29.6 Å². The van der Waals surface area contributed by atoms with E-state index in [0.717, 1.165) is 18.4 Å². The molecule has 1 aliphatic heterocycles. The molecule has 3 aromatic rings. The van der Waals surface area contributed by atoms with Crippen molar-refractivity contribution < 1.29 is 19.5 Å². The van der Waals surface area contributed by atoms with Crippen molar-refractivity contribution in [3.05, 3.63) is 63.4 Å². The third-order valence-corrected chi connectivity index (χ3v) is 6.56. The Kier molecular flexibility index (Phi) is 7.09. The summed E-state index contributed by atoms with van der Waals surface area (Å²) in [5.74, 6) is -0.898. The second-order valence-corrected chi connectivity index (χ2v) is 9.24. The van der Waals surface area contributed by atoms with Gasteiger partial charge in [0.2, 0.25) is 0 Å². The van der Waals surface area contributed by atoms with Gasteiger partial charge in [-0.2, -0.15) is 0 Å². The summed E-state index contributed by atoms with van der Waals surface area (Å²) in [5.41, 5.74) is 2.13. The number of nitrogens with zero attached hydrogens (tertiary/aromatic N) is 2. The smallest absolute Gasteiger partial charge is 0.303 e. The molecular formula is C24H24Cl2N4O4. The van der Waals surface area contributed by atoms with Crippen molar-refractivity contribution >= 4 is 52.0 Å². The maximum Gasteiger partial charge on any atom is 0.303 e. The first-order valence-corrected chi connectivity index (χ1v) is 11.8. The summed E-state index contributed by atoms with van der Waals surface area (Å²) in [5, 5.41) is 12.6. The first kappa shape index (κ1) is 24.0. The van der Waals surface area contributed by atoms with Crippen LogP contribution in [0.5, 0.6) is 0 Å². The molecule has 2 aromatic carbocycles. The van der Waals surface area contributed by atoms with Crippen molar-refractivity contribution in [2.75, 3.05) is 6.54 Å². The van der Waals surface area contributed by atoms with Crippen LogP contribution in [0.3, 0.4) is 0 Å². The van der Waals surface area contributed by atoms with E-state index < -0.39 is 12.0 Å². The number of hydrogen-bond acceptors (Lipinski definition) is 4. The number of rotatable bonds is 7. The van der Waals surface area contributed by atoms with Crippen LogP contribution in [0.2, 0.25) is 10.0 Å². The minimum absolute atomic E-state index is 0.0116. The Bertz CT molecular complexity index is 1260. The lowest BCUT2D eigenvalue weighted by Crippen LogP contribution is -2.36. The predicted molar refractivity (Wildman–Crippen MR) is 129 cm³/mol. The number of carboxylic acids is 1. The van der Waals surface area contributed by atoms with Crippen molar-refractivity contribution in [2.24, 2.45) is 0 Å². The summed E-state index contributed by atoms with van der Waals surface area (Å²) in [7, 11) is 0. The van der Waals surface area contributed by atoms with Gasteiger partial charge in [-0.15, -0.1) is 0 Å². The average molecular weight is 503 g/mol. The van der Waals surface area contributed by atoms with E-state index >= 15 is 0 Å². The number of aromatic nitrogens is 2. The molecule has 0 bridgehead atoms. The van der Waals surface area contributed by atoms with E-state index in [9.17, 15) is 14.4 Å². The Morgan fingerprint density at radius 2 is 2.03 bits per heavy atom. The number of carboxylic acid groups (broad SMARTS) is 1. The van der Waals surface area contributed by atoms with E-state index in [1.54, 1.807) is 36.1 Å². The highest BCUT2D eigenvalue weighted by atomic mass is 35.5. The molecule has 34 heavy (non-hydrogen) atoms. The number of halogens is 2. The molecule has 1 unspecified atom stereocenters. The third-order valence-electron chi connectivity index (χ3n) is 6.01. The number of H-pyrrole nitrogens is 1. The zero-order valence-electron chi connectivity index (χ0n) is 18.5. The summed E-state index contributed by atoms with van der Waals surface area (Å²) in [4.78, 5) is 46.1. The molecule has 2 amide bonds. The fourth-order valence-electron chi connectivity index (χ4n) is 4.23. The predicted octanol–water partition coefficient (Wildman–Crippen LogP) is 4.83. The Morgan fingerprint density at radius 3 is 2.76 bits per heavy atom. The molecule has 178 valence electrons. The summed E-state index contributed by atoms with van der Waals surface area (Å²) < 4.78 is 0. The number of carbonyl (C=O) groups is 3. The normalized spacial score (nSPS) is 16.6. The van der Waals surface area contributed by atoms with Crippen molar-refractivity contribution in [3.63, 3.8) is 0 Å². The maximum absolute atomic E-state index is 13.0. The fourth-order valence-corrected chi connectivity index (χ4v) is 4.66. The minimum atomic E-state index is -0.881. The number of imidazole rings is 1. The van der Waals surface area contributed by atoms with Crippen LogP contribution in [0.25, 0.3) is 11.0 Å². The van der Waals surface area contributed by atoms with Crippen LogP contribution in [0.4, 0.5) is 0 Å². The highest BCUT2D eigenvalue weighted by molar-refractivity contribution is 6.34. The molecule has 0 radical (unpaired) electrons. The number of hydrogen-bond donors (Lipinski definition) is 3. The van der Waals surface area contributed by atoms with Crippen LogP contribution in [0, 0.1) is 0 Å². The summed E-state index contributed by atoms with van der Waals surface area (Å²) in [6, 6.07) is 9.37. The van der Waals surface area contributed by atoms with E-state index in [1.165, 1.54) is 6.07 Å². The number of nitrogens with one attached hydrogen (secondary N) is 2. The molecule has 4 rings (SSSR count). The second kappa shape index (κ2) is 10.0. The summed E-state index contributed by atoms with van der Waals surface area (Å²) >= 11 is 12.4. The number of benzene rings is 2. The van der Waals surface area contributed by atoms with E-state index in [4.69, 9.17) is 28.3 Å². The highest BCUT2D eigenvalue weighted by Crippen LogP contribution is 2.27. The molecule has 0 spiro atoms. The molecule has 0 aliphatic carbocycles. The van der Waals surface area contributed by atoms with Crippen LogP contribution < -0.4 is 5.32 Å². The van der Waals surface area contributed by atoms with Gasteiger partial charge in [0.15, 0.2) is 0 Å². The number of likely N-dealkylation sites (tertiary alicyclic amines) is 1. The standard InChI is InChI=1S/C24H24Cl2N4O4/c1-13(22-28-19-8-5-15(25)12-20(19)29-22)27-23(33)14-4-7-17(18(26)11-14)24(34)30-10-2-3-16(30)6-9-21(31)32/h4-5,7-8,11-13,16H,2-3,6,9-10H2,1H3,(H,27,33)(H,28,29)(H,31,32)/t13-,16?/m0/s1. The van der Waals surface area contributed by atoms with E-state index in [1.807, 2.05) is 6.07 Å². The molecule has 1 fully saturated rings. The topological polar surface area (TPSA) is 115 Å². The monoisotopic (exact) mass is 502 g/mol. The van der Waals surface area contributed by atoms with Gasteiger partial charge in [-0.25, -0.2) is 4.98 Å². The largest absolute Gasteiger partial charge is 0.481 e. The highest BCUT2D eigenvalue weighted by Gasteiger charge is 2.30. The van der Waals surface area contributed by atoms with Gasteiger partial charge in [-0.05, 0) is 62.6 Å². The van der Waals surface area contributed by atoms with Crippen molar-refractivity contribution in [1.29, 1.82) is 0 Å². The molecule has 2 heterocycles. The van der Waals surface area contributed by atoms with Gasteiger partial charge in [0.25, 0.3) is 11.8 Å². The first-order valence-electron chi connectivity index (χ1n) is 11.0. The molecule has 1 aromatic heterocycles. The van der Waals surface area contributed by atoms with Crippen LogP contribution in [-0.4, -0.2) is 50.3 Å². The fraction of sp³-hybridized carbons (Fsp3) is 0.333. The van der Waals surface area contributed by atoms with Crippen molar-refractivity contribution in [2.45, 2.75) is 44.7 Å². The molecular weight excluding hydrogens is 479 g/mol. The SMILES string of the molecule is C[C@H](NC(=O)c1ccc(C(=O)N2CCCC2CCC(=O)O)c(Cl)c1)c1nc2cc(Cl)ccc2[nH]1. The average Bonchev–Trinajstić information content (AvgIpc) is 3.43. The molecule has 0 saturated carbocycles. The van der Waals surface area contributed by atoms with E-state index in [2.05, 4.69) is 15.3 Å². The molecule has 1 saturated heterocycles. The molecule has 1 aliphatic rings. The lowest BCUT2D eigenvalue weighted by Gasteiger charge is -2.25. The zero-order chi connectivity index (χ0) is 24.4. The van der Waals surface area contributed by atoms with E-state index in [0.29, 0.717) is 40.5 Å². The van der Waals surface area contributed by atoms with Gasteiger partial charge in [0.1, 0.15) is 5.82 Å². The molecule has 2 atom stereocenters. The number of aromatic amines is 1. The Balaban J connectivity index is 1.44. The minimum Gasteiger partial charge on any atom is -0.481 e. The lowest BCUT2D eigenvalue weighted by atomic mass is 10.1. The van der Waals surface area contributed by atoms with E-state index in [-0.39, 0.29) is 29.3 Å². The van der Waals surface area contributed by atoms with Gasteiger partial charge >= 0.3 is 5.97 Å². The zero-order valence-corrected chi connectivity index (χ0v) is 20.0. The van der Waals surface area contributed by atoms with Gasteiger partial charge in [0.05, 0.1) is 27.7 Å². The molecule has 3 N–H and O–H groups in total. The van der Waals surface area contributed by atoms with Crippen LogP contribution >= 0.6 is 23.2 Å². The Hall–Kier alpha value is -3.10. The summed E-state index contributed by atoms with van der Waals surface area (Å²) in [6.45, 7) is 2.36. The number of fused-ring (bicyclic) bond motifs is 1. The first-order chi connectivity index (χ1) is 16.2. The van der Waals surface area contributed by atoms with Gasteiger partial charge in [-0.3, -0.25) is 14.4 Å².